The second-order valence-electron chi connectivity index (χ2n) is 4.09. The van der Waals surface area contributed by atoms with Crippen LogP contribution in [0.4, 0.5) is 0 Å². The largest absolute Gasteiger partial charge is 0.364 e. The van der Waals surface area contributed by atoms with Crippen molar-refractivity contribution in [1.82, 2.24) is 9.88 Å². The number of sulfonamides is 1. The summed E-state index contributed by atoms with van der Waals surface area (Å²) in [7, 11) is -3.39. The molecule has 1 aromatic heterocycles. The average molecular weight is 281 g/mol. The zero-order chi connectivity index (χ0) is 13.7. The van der Waals surface area contributed by atoms with E-state index in [1.807, 2.05) is 12.1 Å². The molecule has 1 heterocycles. The van der Waals surface area contributed by atoms with Crippen molar-refractivity contribution in [2.75, 3.05) is 0 Å². The highest BCUT2D eigenvalue weighted by molar-refractivity contribution is 7.88. The molecule has 0 bridgehead atoms. The van der Waals surface area contributed by atoms with Crippen LogP contribution in [0.3, 0.4) is 0 Å². The topological polar surface area (TPSA) is 98.2 Å². The van der Waals surface area contributed by atoms with E-state index in [0.29, 0.717) is 17.8 Å². The van der Waals surface area contributed by atoms with E-state index >= 15 is 0 Å². The van der Waals surface area contributed by atoms with Crippen LogP contribution >= 0.6 is 0 Å². The molecule has 0 spiro atoms. The van der Waals surface area contributed by atoms with Gasteiger partial charge in [-0.25, -0.2) is 13.1 Å². The fourth-order valence-electron chi connectivity index (χ4n) is 1.55. The van der Waals surface area contributed by atoms with E-state index < -0.39 is 10.0 Å². The van der Waals surface area contributed by atoms with Crippen LogP contribution in [-0.2, 0) is 28.9 Å². The summed E-state index contributed by atoms with van der Waals surface area (Å²) in [5.74, 6) is -0.0737. The Kier molecular flexibility index (Phi) is 4.31. The van der Waals surface area contributed by atoms with Gasteiger partial charge in [-0.05, 0) is 11.1 Å². The molecule has 0 saturated carbocycles. The van der Waals surface area contributed by atoms with Crippen molar-refractivity contribution in [2.24, 2.45) is 5.73 Å². The molecule has 1 aromatic carbocycles. The molecule has 7 heteroatoms. The number of nitrogens with zero attached hydrogens (tertiary/aromatic N) is 1. The number of benzene rings is 1. The molecule has 2 aromatic rings. The highest BCUT2D eigenvalue weighted by atomic mass is 32.2. The van der Waals surface area contributed by atoms with E-state index in [9.17, 15) is 8.42 Å². The van der Waals surface area contributed by atoms with Gasteiger partial charge in [0.1, 0.15) is 6.26 Å². The molecule has 0 aliphatic carbocycles. The number of hydrogen-bond donors (Lipinski definition) is 2. The molecular formula is C12H15N3O3S. The van der Waals surface area contributed by atoms with Crippen molar-refractivity contribution in [3.8, 4) is 0 Å². The van der Waals surface area contributed by atoms with Crippen LogP contribution in [0.25, 0.3) is 0 Å². The molecule has 19 heavy (non-hydrogen) atoms. The van der Waals surface area contributed by atoms with Crippen LogP contribution in [-0.4, -0.2) is 13.6 Å². The highest BCUT2D eigenvalue weighted by Crippen LogP contribution is 2.08. The summed E-state index contributed by atoms with van der Waals surface area (Å²) < 4.78 is 30.8. The molecule has 0 radical (unpaired) electrons. The minimum atomic E-state index is -3.39. The first kappa shape index (κ1) is 13.7. The van der Waals surface area contributed by atoms with E-state index in [-0.39, 0.29) is 12.3 Å². The number of hydrogen-bond acceptors (Lipinski definition) is 5. The van der Waals surface area contributed by atoms with Crippen molar-refractivity contribution < 1.29 is 12.9 Å². The van der Waals surface area contributed by atoms with Crippen molar-refractivity contribution in [1.29, 1.82) is 0 Å². The van der Waals surface area contributed by atoms with E-state index in [2.05, 4.69) is 14.4 Å². The molecule has 0 aliphatic rings. The van der Waals surface area contributed by atoms with Gasteiger partial charge in [-0.15, -0.1) is 0 Å². The summed E-state index contributed by atoms with van der Waals surface area (Å²) in [5, 5.41) is 3.63. The summed E-state index contributed by atoms with van der Waals surface area (Å²) in [6, 6.07) is 8.78. The lowest BCUT2D eigenvalue weighted by atomic mass is 10.1. The maximum absolute atomic E-state index is 11.9. The summed E-state index contributed by atoms with van der Waals surface area (Å²) in [6.45, 7) is 0.567. The van der Waals surface area contributed by atoms with Crippen LogP contribution in [0.1, 0.15) is 16.8 Å². The zero-order valence-electron chi connectivity index (χ0n) is 10.2. The molecule has 0 aliphatic heterocycles. The predicted molar refractivity (Wildman–Crippen MR) is 70.3 cm³/mol. The summed E-state index contributed by atoms with van der Waals surface area (Å²) in [4.78, 5) is 0. The van der Waals surface area contributed by atoms with Gasteiger partial charge in [-0.1, -0.05) is 29.4 Å². The van der Waals surface area contributed by atoms with Gasteiger partial charge in [0.05, 0.1) is 18.0 Å². The summed E-state index contributed by atoms with van der Waals surface area (Å²) in [6.07, 6.45) is 1.40. The standard InChI is InChI=1S/C12H15N3O3S/c13-7-10-1-3-11(4-2-10)9-19(16,17)14-8-12-5-6-18-15-12/h1-6,14H,7-9,13H2. The smallest absolute Gasteiger partial charge is 0.216 e. The Morgan fingerprint density at radius 2 is 1.84 bits per heavy atom. The molecule has 2 rings (SSSR count). The first-order valence-electron chi connectivity index (χ1n) is 5.73. The lowest BCUT2D eigenvalue weighted by molar-refractivity contribution is 0.411. The van der Waals surface area contributed by atoms with Crippen LogP contribution in [0.2, 0.25) is 0 Å². The zero-order valence-corrected chi connectivity index (χ0v) is 11.1. The first-order chi connectivity index (χ1) is 9.09. The third-order valence-corrected chi connectivity index (χ3v) is 3.88. The van der Waals surface area contributed by atoms with E-state index in [1.165, 1.54) is 6.26 Å². The third-order valence-electron chi connectivity index (χ3n) is 2.58. The second kappa shape index (κ2) is 5.96. The van der Waals surface area contributed by atoms with Gasteiger partial charge in [0.25, 0.3) is 0 Å². The lowest BCUT2D eigenvalue weighted by Crippen LogP contribution is -2.24. The predicted octanol–water partition coefficient (Wildman–Crippen LogP) is 0.753. The molecule has 3 N–H and O–H groups in total. The van der Waals surface area contributed by atoms with Gasteiger partial charge in [0.15, 0.2) is 0 Å². The van der Waals surface area contributed by atoms with Gasteiger partial charge >= 0.3 is 0 Å². The molecule has 102 valence electrons. The second-order valence-corrected chi connectivity index (χ2v) is 5.90. The molecule has 0 fully saturated rings. The fraction of sp³-hybridized carbons (Fsp3) is 0.250. The van der Waals surface area contributed by atoms with E-state index in [4.69, 9.17) is 5.73 Å². The Labute approximate surface area is 111 Å². The lowest BCUT2D eigenvalue weighted by Gasteiger charge is -2.06. The highest BCUT2D eigenvalue weighted by Gasteiger charge is 2.12. The average Bonchev–Trinajstić information content (AvgIpc) is 2.90. The molecule has 0 unspecified atom stereocenters. The minimum Gasteiger partial charge on any atom is -0.364 e. The Hall–Kier alpha value is -1.70. The summed E-state index contributed by atoms with van der Waals surface area (Å²) >= 11 is 0. The molecule has 0 amide bonds. The van der Waals surface area contributed by atoms with Gasteiger partial charge in [0.2, 0.25) is 10.0 Å². The Morgan fingerprint density at radius 1 is 1.16 bits per heavy atom. The summed E-state index contributed by atoms with van der Waals surface area (Å²) in [5.41, 5.74) is 7.71. The molecule has 0 atom stereocenters. The Bertz CT molecular complexity index is 606. The normalized spacial score (nSPS) is 11.6. The third kappa shape index (κ3) is 4.16. The number of aromatic nitrogens is 1. The SMILES string of the molecule is NCc1ccc(CS(=O)(=O)NCc2ccon2)cc1. The van der Waals surface area contributed by atoms with Crippen LogP contribution < -0.4 is 10.5 Å². The maximum Gasteiger partial charge on any atom is 0.216 e. The maximum atomic E-state index is 11.9. The van der Waals surface area contributed by atoms with Gasteiger partial charge in [0, 0.05) is 12.6 Å². The van der Waals surface area contributed by atoms with Crippen molar-refractivity contribution in [3.05, 3.63) is 53.4 Å². The van der Waals surface area contributed by atoms with Gasteiger partial charge in [-0.2, -0.15) is 0 Å². The fourth-order valence-corrected chi connectivity index (χ4v) is 2.66. The van der Waals surface area contributed by atoms with Crippen LogP contribution in [0, 0.1) is 0 Å². The van der Waals surface area contributed by atoms with Gasteiger partial charge in [-0.3, -0.25) is 0 Å². The van der Waals surface area contributed by atoms with Crippen molar-refractivity contribution in [3.63, 3.8) is 0 Å². The van der Waals surface area contributed by atoms with Crippen LogP contribution in [0.5, 0.6) is 0 Å². The van der Waals surface area contributed by atoms with Crippen LogP contribution in [0.15, 0.2) is 41.1 Å². The first-order valence-corrected chi connectivity index (χ1v) is 7.39. The number of rotatable bonds is 6. The molecule has 0 saturated heterocycles. The Morgan fingerprint density at radius 3 is 2.42 bits per heavy atom. The van der Waals surface area contributed by atoms with E-state index in [0.717, 1.165) is 5.56 Å². The molecular weight excluding hydrogens is 266 g/mol. The number of nitrogens with one attached hydrogen (secondary N) is 1. The minimum absolute atomic E-state index is 0.0737. The van der Waals surface area contributed by atoms with E-state index in [1.54, 1.807) is 18.2 Å². The van der Waals surface area contributed by atoms with Crippen molar-refractivity contribution in [2.45, 2.75) is 18.8 Å². The molecule has 6 nitrogen and oxygen atoms in total. The monoisotopic (exact) mass is 281 g/mol. The Balaban J connectivity index is 1.96. The number of nitrogens with two attached hydrogens (primary N) is 1. The van der Waals surface area contributed by atoms with Gasteiger partial charge < -0.3 is 10.3 Å². The quantitative estimate of drug-likeness (QED) is 0.814. The van der Waals surface area contributed by atoms with Crippen molar-refractivity contribution >= 4 is 10.0 Å².